The van der Waals surface area contributed by atoms with Gasteiger partial charge in [-0.3, -0.25) is 9.59 Å². The van der Waals surface area contributed by atoms with Gasteiger partial charge in [0.15, 0.2) is 0 Å². The molecule has 0 saturated carbocycles. The third-order valence-corrected chi connectivity index (χ3v) is 17.4. The summed E-state index contributed by atoms with van der Waals surface area (Å²) in [4.78, 5) is 24.6. The molecule has 0 bridgehead atoms. The van der Waals surface area contributed by atoms with Crippen LogP contribution in [-0.4, -0.2) is 47.4 Å². The number of amides is 1. The van der Waals surface area contributed by atoms with Crippen molar-refractivity contribution in [2.24, 2.45) is 0 Å². The Morgan fingerprint density at radius 2 is 0.573 bits per heavy atom. The molecule has 0 aliphatic heterocycles. The molecule has 2 atom stereocenters. The van der Waals surface area contributed by atoms with Crippen LogP contribution >= 0.6 is 0 Å². The van der Waals surface area contributed by atoms with Crippen LogP contribution in [0.2, 0.25) is 0 Å². The molecular formula is C76H145NO5. The third kappa shape index (κ3) is 67.2. The molecule has 0 aromatic heterocycles. The van der Waals surface area contributed by atoms with Gasteiger partial charge in [-0.2, -0.15) is 0 Å². The second-order valence-corrected chi connectivity index (χ2v) is 25.6. The van der Waals surface area contributed by atoms with E-state index < -0.39 is 12.1 Å². The van der Waals surface area contributed by atoms with E-state index >= 15 is 0 Å². The standard InChI is InChI=1S/C76H145NO5/c1-3-5-7-9-11-13-15-17-19-21-22-23-24-27-30-33-37-40-44-48-52-56-60-64-68-74(79)73(72-78)77-75(80)69-65-61-57-53-49-45-41-38-34-31-28-25-26-29-32-35-39-43-47-51-55-59-63-67-71-82-76(81)70-66-62-58-54-50-46-42-36-20-18-16-14-12-10-8-6-4-2/h18,20,28,31,64,68,73-74,78-79H,3-17,19,21-27,29-30,32-63,65-67,69-72H2,1-2H3,(H,77,80)/b20-18-,31-28-,68-64+. The summed E-state index contributed by atoms with van der Waals surface area (Å²) in [5.74, 6) is -0.0588. The average Bonchev–Trinajstić information content (AvgIpc) is 3.48. The van der Waals surface area contributed by atoms with Crippen LogP contribution in [0.25, 0.3) is 0 Å². The maximum atomic E-state index is 12.5. The monoisotopic (exact) mass is 1150 g/mol. The molecule has 0 aliphatic rings. The van der Waals surface area contributed by atoms with Gasteiger partial charge in [-0.05, 0) is 83.5 Å². The highest BCUT2D eigenvalue weighted by Gasteiger charge is 2.18. The van der Waals surface area contributed by atoms with E-state index in [1.807, 2.05) is 6.08 Å². The van der Waals surface area contributed by atoms with Gasteiger partial charge < -0.3 is 20.3 Å². The Balaban J connectivity index is 3.42. The predicted molar refractivity (Wildman–Crippen MR) is 361 cm³/mol. The molecule has 6 heteroatoms. The number of rotatable bonds is 70. The van der Waals surface area contributed by atoms with Gasteiger partial charge in [0, 0.05) is 12.8 Å². The van der Waals surface area contributed by atoms with Gasteiger partial charge in [-0.15, -0.1) is 0 Å². The first-order valence-corrected chi connectivity index (χ1v) is 37.3. The van der Waals surface area contributed by atoms with Crippen LogP contribution in [0.5, 0.6) is 0 Å². The van der Waals surface area contributed by atoms with E-state index in [9.17, 15) is 19.8 Å². The first-order chi connectivity index (χ1) is 40.5. The summed E-state index contributed by atoms with van der Waals surface area (Å²) in [6.07, 6.45) is 92.3. The number of esters is 1. The van der Waals surface area contributed by atoms with Crippen LogP contribution in [0.15, 0.2) is 36.5 Å². The highest BCUT2D eigenvalue weighted by atomic mass is 16.5. The van der Waals surface area contributed by atoms with Crippen LogP contribution in [0.1, 0.15) is 412 Å². The Morgan fingerprint density at radius 1 is 0.329 bits per heavy atom. The Kier molecular flexibility index (Phi) is 69.9. The molecule has 0 spiro atoms. The number of aliphatic hydroxyl groups is 2. The van der Waals surface area contributed by atoms with Gasteiger partial charge in [-0.1, -0.05) is 352 Å². The molecule has 6 nitrogen and oxygen atoms in total. The smallest absolute Gasteiger partial charge is 0.305 e. The van der Waals surface area contributed by atoms with Crippen molar-refractivity contribution >= 4 is 11.9 Å². The summed E-state index contributed by atoms with van der Waals surface area (Å²) < 4.78 is 5.50. The van der Waals surface area contributed by atoms with E-state index in [4.69, 9.17) is 4.74 Å². The van der Waals surface area contributed by atoms with Crippen molar-refractivity contribution in [2.45, 2.75) is 424 Å². The minimum absolute atomic E-state index is 0.00947. The van der Waals surface area contributed by atoms with E-state index in [1.54, 1.807) is 6.08 Å². The topological polar surface area (TPSA) is 95.9 Å². The van der Waals surface area contributed by atoms with Crippen molar-refractivity contribution < 1.29 is 24.5 Å². The number of carbonyl (C=O) groups is 2. The van der Waals surface area contributed by atoms with Crippen LogP contribution in [-0.2, 0) is 14.3 Å². The SMILES string of the molecule is CCCCCCCC/C=C\CCCCCCCCCC(=O)OCCCCCCCCCCCCCC/C=C\CCCCCCCCCCC(=O)NC(CO)C(O)/C=C/CCCCCCCCCCCCCCCCCCCCCCCC. The highest BCUT2D eigenvalue weighted by molar-refractivity contribution is 5.76. The molecule has 82 heavy (non-hydrogen) atoms. The van der Waals surface area contributed by atoms with Gasteiger partial charge in [0.2, 0.25) is 5.91 Å². The van der Waals surface area contributed by atoms with Crippen molar-refractivity contribution in [2.75, 3.05) is 13.2 Å². The molecular weight excluding hydrogens is 1010 g/mol. The van der Waals surface area contributed by atoms with E-state index in [2.05, 4.69) is 43.5 Å². The molecule has 0 aliphatic carbocycles. The zero-order valence-corrected chi connectivity index (χ0v) is 55.5. The molecule has 0 heterocycles. The zero-order chi connectivity index (χ0) is 59.2. The fraction of sp³-hybridized carbons (Fsp3) is 0.895. The van der Waals surface area contributed by atoms with E-state index in [1.165, 1.54) is 340 Å². The first kappa shape index (κ1) is 80.1. The van der Waals surface area contributed by atoms with Gasteiger partial charge in [0.05, 0.1) is 25.4 Å². The second kappa shape index (κ2) is 71.6. The summed E-state index contributed by atoms with van der Waals surface area (Å²) >= 11 is 0. The van der Waals surface area contributed by atoms with Crippen molar-refractivity contribution in [1.29, 1.82) is 0 Å². The summed E-state index contributed by atoms with van der Waals surface area (Å²) in [5.41, 5.74) is 0. The molecule has 0 aromatic rings. The summed E-state index contributed by atoms with van der Waals surface area (Å²) in [7, 11) is 0. The molecule has 1 amide bonds. The Hall–Kier alpha value is -1.92. The van der Waals surface area contributed by atoms with Crippen molar-refractivity contribution in [3.8, 4) is 0 Å². The Bertz CT molecular complexity index is 1330. The molecule has 484 valence electrons. The molecule has 0 rings (SSSR count). The normalized spacial score (nSPS) is 12.7. The fourth-order valence-electron chi connectivity index (χ4n) is 11.7. The lowest BCUT2D eigenvalue weighted by Crippen LogP contribution is -2.45. The molecule has 0 aromatic carbocycles. The molecule has 0 radical (unpaired) electrons. The second-order valence-electron chi connectivity index (χ2n) is 25.6. The fourth-order valence-corrected chi connectivity index (χ4v) is 11.7. The van der Waals surface area contributed by atoms with E-state index in [0.717, 1.165) is 44.9 Å². The molecule has 0 saturated heterocycles. The number of ether oxygens (including phenoxy) is 1. The lowest BCUT2D eigenvalue weighted by Gasteiger charge is -2.20. The van der Waals surface area contributed by atoms with Gasteiger partial charge in [0.25, 0.3) is 0 Å². The lowest BCUT2D eigenvalue weighted by molar-refractivity contribution is -0.143. The molecule has 2 unspecified atom stereocenters. The molecule has 3 N–H and O–H groups in total. The maximum absolute atomic E-state index is 12.5. The summed E-state index contributed by atoms with van der Waals surface area (Å²) in [6, 6.07) is -0.633. The molecule has 0 fully saturated rings. The van der Waals surface area contributed by atoms with Crippen molar-refractivity contribution in [1.82, 2.24) is 5.32 Å². The Morgan fingerprint density at radius 3 is 0.866 bits per heavy atom. The van der Waals surface area contributed by atoms with E-state index in [-0.39, 0.29) is 18.5 Å². The van der Waals surface area contributed by atoms with Crippen LogP contribution in [0.4, 0.5) is 0 Å². The number of aliphatic hydroxyl groups excluding tert-OH is 2. The summed E-state index contributed by atoms with van der Waals surface area (Å²) in [6.45, 7) is 4.94. The maximum Gasteiger partial charge on any atom is 0.305 e. The minimum atomic E-state index is -0.849. The quantitative estimate of drug-likeness (QED) is 0.0320. The van der Waals surface area contributed by atoms with Crippen LogP contribution in [0, 0.1) is 0 Å². The predicted octanol–water partition coefficient (Wildman–Crippen LogP) is 24.3. The number of carbonyl (C=O) groups excluding carboxylic acids is 2. The number of hydrogen-bond donors (Lipinski definition) is 3. The number of hydrogen-bond acceptors (Lipinski definition) is 5. The number of allylic oxidation sites excluding steroid dienone is 5. The van der Waals surface area contributed by atoms with Crippen molar-refractivity contribution in [3.05, 3.63) is 36.5 Å². The lowest BCUT2D eigenvalue weighted by atomic mass is 10.0. The number of nitrogens with one attached hydrogen (secondary N) is 1. The first-order valence-electron chi connectivity index (χ1n) is 37.3. The third-order valence-electron chi connectivity index (χ3n) is 17.4. The average molecular weight is 1150 g/mol. The van der Waals surface area contributed by atoms with Crippen LogP contribution < -0.4 is 5.32 Å². The van der Waals surface area contributed by atoms with Gasteiger partial charge >= 0.3 is 5.97 Å². The zero-order valence-electron chi connectivity index (χ0n) is 55.5. The van der Waals surface area contributed by atoms with Gasteiger partial charge in [0.1, 0.15) is 0 Å². The number of unbranched alkanes of at least 4 members (excludes halogenated alkanes) is 55. The van der Waals surface area contributed by atoms with Crippen LogP contribution in [0.3, 0.4) is 0 Å². The minimum Gasteiger partial charge on any atom is -0.466 e. The Labute approximate surface area is 513 Å². The van der Waals surface area contributed by atoms with E-state index in [0.29, 0.717) is 19.4 Å². The highest BCUT2D eigenvalue weighted by Crippen LogP contribution is 2.19. The summed E-state index contributed by atoms with van der Waals surface area (Å²) in [5, 5.41) is 23.3. The van der Waals surface area contributed by atoms with Gasteiger partial charge in [-0.25, -0.2) is 0 Å². The van der Waals surface area contributed by atoms with Crippen molar-refractivity contribution in [3.63, 3.8) is 0 Å². The largest absolute Gasteiger partial charge is 0.466 e.